The highest BCUT2D eigenvalue weighted by Crippen LogP contribution is 2.18. The van der Waals surface area contributed by atoms with Crippen LogP contribution in [0.4, 0.5) is 10.1 Å². The molecule has 2 aromatic carbocycles. The highest BCUT2D eigenvalue weighted by Gasteiger charge is 2.09. The molecule has 0 atom stereocenters. The lowest BCUT2D eigenvalue weighted by Gasteiger charge is -2.07. The summed E-state index contributed by atoms with van der Waals surface area (Å²) in [6.07, 6.45) is 0. The molecule has 0 unspecified atom stereocenters. The van der Waals surface area contributed by atoms with Gasteiger partial charge in [-0.25, -0.2) is 4.39 Å². The summed E-state index contributed by atoms with van der Waals surface area (Å²) in [5.74, 6) is -0.740. The molecule has 3 nitrogen and oxygen atoms in total. The van der Waals surface area contributed by atoms with E-state index in [-0.39, 0.29) is 10.4 Å². The van der Waals surface area contributed by atoms with E-state index in [0.29, 0.717) is 16.2 Å². The van der Waals surface area contributed by atoms with Gasteiger partial charge in [0.25, 0.3) is 5.91 Å². The van der Waals surface area contributed by atoms with Crippen LogP contribution in [0, 0.1) is 5.82 Å². The first kappa shape index (κ1) is 14.6. The Labute approximate surface area is 129 Å². The minimum Gasteiger partial charge on any atom is -0.389 e. The van der Waals surface area contributed by atoms with E-state index >= 15 is 0 Å². The second-order valence-corrected chi connectivity index (χ2v) is 5.32. The minimum atomic E-state index is -0.414. The molecule has 3 N–H and O–H groups in total. The van der Waals surface area contributed by atoms with Crippen LogP contribution < -0.4 is 11.1 Å². The molecule has 0 aromatic heterocycles. The van der Waals surface area contributed by atoms with Gasteiger partial charge in [0.2, 0.25) is 0 Å². The Hall–Kier alpha value is -1.79. The fourth-order valence-electron chi connectivity index (χ4n) is 1.56. The first-order chi connectivity index (χ1) is 9.47. The lowest BCUT2D eigenvalue weighted by Crippen LogP contribution is -2.13. The molecular formula is C14H10BrFN2OS. The van der Waals surface area contributed by atoms with Crippen LogP contribution in [0.1, 0.15) is 15.9 Å². The van der Waals surface area contributed by atoms with Crippen molar-refractivity contribution in [2.75, 3.05) is 5.32 Å². The number of hydrogen-bond acceptors (Lipinski definition) is 2. The normalized spacial score (nSPS) is 10.1. The number of carbonyl (C=O) groups excluding carboxylic acids is 1. The number of hydrogen-bond donors (Lipinski definition) is 2. The third kappa shape index (κ3) is 3.40. The van der Waals surface area contributed by atoms with Crippen LogP contribution in [0.15, 0.2) is 46.9 Å². The molecule has 1 amide bonds. The van der Waals surface area contributed by atoms with E-state index in [1.165, 1.54) is 18.2 Å². The zero-order valence-corrected chi connectivity index (χ0v) is 12.6. The van der Waals surface area contributed by atoms with Crippen LogP contribution in [-0.4, -0.2) is 10.9 Å². The Balaban J connectivity index is 2.14. The number of thiocarbonyl (C=S) groups is 1. The molecule has 0 saturated heterocycles. The Morgan fingerprint density at radius 1 is 1.15 bits per heavy atom. The predicted octanol–water partition coefficient (Wildman–Crippen LogP) is 3.47. The van der Waals surface area contributed by atoms with Gasteiger partial charge in [-0.2, -0.15) is 0 Å². The van der Waals surface area contributed by atoms with Crippen LogP contribution in [0.2, 0.25) is 0 Å². The third-order valence-corrected chi connectivity index (χ3v) is 3.45. The van der Waals surface area contributed by atoms with Gasteiger partial charge in [-0.05, 0) is 58.4 Å². The number of benzene rings is 2. The number of amides is 1. The van der Waals surface area contributed by atoms with Crippen molar-refractivity contribution in [3.63, 3.8) is 0 Å². The number of carbonyl (C=O) groups is 1. The Bertz CT molecular complexity index is 673. The van der Waals surface area contributed by atoms with Gasteiger partial charge in [0, 0.05) is 16.8 Å². The smallest absolute Gasteiger partial charge is 0.255 e. The average molecular weight is 353 g/mol. The number of nitrogens with two attached hydrogens (primary N) is 1. The Morgan fingerprint density at radius 3 is 2.30 bits per heavy atom. The standard InChI is InChI=1S/C14H10BrFN2OS/c15-11-7-9(3-6-12(11)16)14(19)18-10-4-1-8(2-5-10)13(17)20/h1-7H,(H2,17,20)(H,18,19). The molecule has 2 aromatic rings. The van der Waals surface area contributed by atoms with Crippen molar-refractivity contribution in [3.05, 3.63) is 63.9 Å². The van der Waals surface area contributed by atoms with E-state index < -0.39 is 5.82 Å². The summed E-state index contributed by atoms with van der Waals surface area (Å²) in [7, 11) is 0. The largest absolute Gasteiger partial charge is 0.389 e. The maximum atomic E-state index is 13.1. The first-order valence-electron chi connectivity index (χ1n) is 5.63. The van der Waals surface area contributed by atoms with Crippen LogP contribution in [-0.2, 0) is 0 Å². The fourth-order valence-corrected chi connectivity index (χ4v) is 2.07. The number of rotatable bonds is 3. The van der Waals surface area contributed by atoms with E-state index in [9.17, 15) is 9.18 Å². The number of halogens is 2. The molecule has 0 radical (unpaired) electrons. The van der Waals surface area contributed by atoms with Crippen LogP contribution in [0.25, 0.3) is 0 Å². The Morgan fingerprint density at radius 2 is 1.75 bits per heavy atom. The summed E-state index contributed by atoms with van der Waals surface area (Å²) in [5, 5.41) is 2.70. The van der Waals surface area contributed by atoms with Crippen molar-refractivity contribution in [1.29, 1.82) is 0 Å². The third-order valence-electron chi connectivity index (χ3n) is 2.61. The van der Waals surface area contributed by atoms with Gasteiger partial charge >= 0.3 is 0 Å². The van der Waals surface area contributed by atoms with Crippen molar-refractivity contribution in [1.82, 2.24) is 0 Å². The van der Waals surface area contributed by atoms with Gasteiger partial charge in [0.15, 0.2) is 0 Å². The molecule has 0 bridgehead atoms. The van der Waals surface area contributed by atoms with Gasteiger partial charge in [-0.3, -0.25) is 4.79 Å². The SMILES string of the molecule is NC(=S)c1ccc(NC(=O)c2ccc(F)c(Br)c2)cc1. The molecule has 0 saturated carbocycles. The van der Waals surface area contributed by atoms with E-state index in [4.69, 9.17) is 18.0 Å². The molecule has 0 aliphatic rings. The molecule has 2 rings (SSSR count). The minimum absolute atomic E-state index is 0.244. The van der Waals surface area contributed by atoms with Gasteiger partial charge < -0.3 is 11.1 Å². The molecule has 0 fully saturated rings. The average Bonchev–Trinajstić information content (AvgIpc) is 2.42. The second kappa shape index (κ2) is 6.11. The molecule has 0 aliphatic carbocycles. The molecule has 0 heterocycles. The monoisotopic (exact) mass is 352 g/mol. The summed E-state index contributed by atoms with van der Waals surface area (Å²) in [6.45, 7) is 0. The molecule has 6 heteroatoms. The van der Waals surface area contributed by atoms with Crippen molar-refractivity contribution < 1.29 is 9.18 Å². The summed E-state index contributed by atoms with van der Waals surface area (Å²) < 4.78 is 13.4. The second-order valence-electron chi connectivity index (χ2n) is 4.02. The summed E-state index contributed by atoms with van der Waals surface area (Å²) in [6, 6.07) is 10.9. The van der Waals surface area contributed by atoms with Crippen molar-refractivity contribution in [2.45, 2.75) is 0 Å². The van der Waals surface area contributed by atoms with E-state index in [0.717, 1.165) is 5.56 Å². The first-order valence-corrected chi connectivity index (χ1v) is 6.84. The maximum absolute atomic E-state index is 13.1. The zero-order valence-electron chi connectivity index (χ0n) is 10.2. The molecular weight excluding hydrogens is 343 g/mol. The fraction of sp³-hybridized carbons (Fsp3) is 0. The highest BCUT2D eigenvalue weighted by atomic mass is 79.9. The quantitative estimate of drug-likeness (QED) is 0.831. The van der Waals surface area contributed by atoms with Gasteiger partial charge in [0.05, 0.1) is 4.47 Å². The van der Waals surface area contributed by atoms with Gasteiger partial charge in [-0.15, -0.1) is 0 Å². The molecule has 0 spiro atoms. The lowest BCUT2D eigenvalue weighted by atomic mass is 10.2. The number of nitrogens with one attached hydrogen (secondary N) is 1. The lowest BCUT2D eigenvalue weighted by molar-refractivity contribution is 0.102. The van der Waals surface area contributed by atoms with Gasteiger partial charge in [-0.1, -0.05) is 12.2 Å². The summed E-state index contributed by atoms with van der Waals surface area (Å²) in [5.41, 5.74) is 7.18. The number of anilines is 1. The topological polar surface area (TPSA) is 55.1 Å². The Kier molecular flexibility index (Phi) is 4.46. The molecule has 20 heavy (non-hydrogen) atoms. The summed E-state index contributed by atoms with van der Waals surface area (Å²) >= 11 is 7.89. The van der Waals surface area contributed by atoms with Crippen molar-refractivity contribution in [3.8, 4) is 0 Å². The molecule has 102 valence electrons. The summed E-state index contributed by atoms with van der Waals surface area (Å²) in [4.78, 5) is 12.3. The van der Waals surface area contributed by atoms with Crippen LogP contribution in [0.5, 0.6) is 0 Å². The van der Waals surface area contributed by atoms with Crippen molar-refractivity contribution in [2.24, 2.45) is 5.73 Å². The maximum Gasteiger partial charge on any atom is 0.255 e. The molecule has 0 aliphatic heterocycles. The van der Waals surface area contributed by atoms with E-state index in [2.05, 4.69) is 21.2 Å². The van der Waals surface area contributed by atoms with Gasteiger partial charge in [0.1, 0.15) is 10.8 Å². The van der Waals surface area contributed by atoms with E-state index in [1.54, 1.807) is 24.3 Å². The highest BCUT2D eigenvalue weighted by molar-refractivity contribution is 9.10. The van der Waals surface area contributed by atoms with Crippen LogP contribution in [0.3, 0.4) is 0 Å². The van der Waals surface area contributed by atoms with E-state index in [1.807, 2.05) is 0 Å². The van der Waals surface area contributed by atoms with Crippen LogP contribution >= 0.6 is 28.1 Å². The zero-order chi connectivity index (χ0) is 14.7. The van der Waals surface area contributed by atoms with Crippen molar-refractivity contribution >= 4 is 44.7 Å². The predicted molar refractivity (Wildman–Crippen MR) is 84.4 cm³/mol.